The average molecular weight is 258 g/mol. The molecule has 0 spiro atoms. The van der Waals surface area contributed by atoms with E-state index in [4.69, 9.17) is 9.47 Å². The van der Waals surface area contributed by atoms with Crippen LogP contribution in [0.5, 0.6) is 11.6 Å². The maximum Gasteiger partial charge on any atom is 0.256 e. The molecular formula is C15H18N2O2. The predicted octanol–water partition coefficient (Wildman–Crippen LogP) is 3.28. The normalized spacial score (nSPS) is 10.6. The van der Waals surface area contributed by atoms with Gasteiger partial charge in [0.15, 0.2) is 5.75 Å². The van der Waals surface area contributed by atoms with Crippen LogP contribution in [0.1, 0.15) is 25.3 Å². The van der Waals surface area contributed by atoms with Crippen LogP contribution in [0.15, 0.2) is 30.6 Å². The van der Waals surface area contributed by atoms with E-state index >= 15 is 0 Å². The first-order valence-electron chi connectivity index (χ1n) is 6.20. The van der Waals surface area contributed by atoms with Gasteiger partial charge in [0.2, 0.25) is 0 Å². The minimum Gasteiger partial charge on any atom is -0.491 e. The minimum absolute atomic E-state index is 0.467. The Morgan fingerprint density at radius 3 is 2.47 bits per heavy atom. The van der Waals surface area contributed by atoms with Crippen molar-refractivity contribution in [3.05, 3.63) is 36.2 Å². The first-order chi connectivity index (χ1) is 9.15. The summed E-state index contributed by atoms with van der Waals surface area (Å²) in [4.78, 5) is 8.62. The van der Waals surface area contributed by atoms with Gasteiger partial charge in [-0.05, 0) is 29.7 Å². The number of rotatable bonds is 4. The fourth-order valence-electron chi connectivity index (χ4n) is 1.84. The fraction of sp³-hybridized carbons (Fsp3) is 0.333. The highest BCUT2D eigenvalue weighted by molar-refractivity contribution is 5.62. The van der Waals surface area contributed by atoms with Gasteiger partial charge in [0.25, 0.3) is 5.88 Å². The Labute approximate surface area is 113 Å². The molecule has 0 saturated heterocycles. The second kappa shape index (κ2) is 5.69. The average Bonchev–Trinajstić information content (AvgIpc) is 2.46. The van der Waals surface area contributed by atoms with Gasteiger partial charge in [-0.1, -0.05) is 13.8 Å². The minimum atomic E-state index is 0.467. The Bertz CT molecular complexity index is 568. The first-order valence-corrected chi connectivity index (χ1v) is 6.20. The zero-order valence-electron chi connectivity index (χ0n) is 11.7. The smallest absolute Gasteiger partial charge is 0.256 e. The number of hydrogen-bond donors (Lipinski definition) is 0. The van der Waals surface area contributed by atoms with Crippen molar-refractivity contribution in [2.24, 2.45) is 0 Å². The zero-order valence-corrected chi connectivity index (χ0v) is 11.7. The topological polar surface area (TPSA) is 44.2 Å². The van der Waals surface area contributed by atoms with Gasteiger partial charge in [-0.3, -0.25) is 4.98 Å². The molecule has 0 aromatic carbocycles. The van der Waals surface area contributed by atoms with Gasteiger partial charge in [-0.2, -0.15) is 0 Å². The van der Waals surface area contributed by atoms with Crippen LogP contribution >= 0.6 is 0 Å². The highest BCUT2D eigenvalue weighted by Gasteiger charge is 2.09. The van der Waals surface area contributed by atoms with Crippen LogP contribution in [-0.4, -0.2) is 24.2 Å². The maximum absolute atomic E-state index is 5.26. The number of methoxy groups -OCH3 is 2. The lowest BCUT2D eigenvalue weighted by Gasteiger charge is -2.10. The van der Waals surface area contributed by atoms with E-state index in [2.05, 4.69) is 29.9 Å². The summed E-state index contributed by atoms with van der Waals surface area (Å²) in [7, 11) is 3.17. The van der Waals surface area contributed by atoms with E-state index in [1.807, 2.05) is 18.3 Å². The van der Waals surface area contributed by atoms with E-state index in [1.165, 1.54) is 5.56 Å². The molecule has 0 amide bonds. The zero-order chi connectivity index (χ0) is 13.8. The van der Waals surface area contributed by atoms with Crippen molar-refractivity contribution in [2.45, 2.75) is 19.8 Å². The molecule has 19 heavy (non-hydrogen) atoms. The van der Waals surface area contributed by atoms with Gasteiger partial charge in [0.05, 0.1) is 19.9 Å². The van der Waals surface area contributed by atoms with Gasteiger partial charge in [-0.15, -0.1) is 0 Å². The lowest BCUT2D eigenvalue weighted by molar-refractivity contribution is 0.343. The molecule has 0 aliphatic carbocycles. The van der Waals surface area contributed by atoms with Crippen LogP contribution in [0.3, 0.4) is 0 Å². The molecule has 0 aliphatic heterocycles. The summed E-state index contributed by atoms with van der Waals surface area (Å²) in [5.74, 6) is 1.55. The Morgan fingerprint density at radius 1 is 1.05 bits per heavy atom. The molecule has 2 heterocycles. The van der Waals surface area contributed by atoms with E-state index in [0.717, 1.165) is 11.3 Å². The van der Waals surface area contributed by atoms with Gasteiger partial charge in [0.1, 0.15) is 0 Å². The maximum atomic E-state index is 5.26. The second-order valence-electron chi connectivity index (χ2n) is 4.56. The van der Waals surface area contributed by atoms with Crippen LogP contribution < -0.4 is 9.47 Å². The molecule has 0 fully saturated rings. The van der Waals surface area contributed by atoms with Crippen molar-refractivity contribution in [1.82, 2.24) is 9.97 Å². The number of ether oxygens (including phenoxy) is 2. The van der Waals surface area contributed by atoms with Crippen molar-refractivity contribution in [1.29, 1.82) is 0 Å². The summed E-state index contributed by atoms with van der Waals surface area (Å²) in [5, 5.41) is 0. The summed E-state index contributed by atoms with van der Waals surface area (Å²) in [5.41, 5.74) is 3.06. The van der Waals surface area contributed by atoms with Gasteiger partial charge >= 0.3 is 0 Å². The molecule has 4 nitrogen and oxygen atoms in total. The second-order valence-corrected chi connectivity index (χ2v) is 4.56. The Balaban J connectivity index is 2.44. The fourth-order valence-corrected chi connectivity index (χ4v) is 1.84. The first kappa shape index (κ1) is 13.3. The number of pyridine rings is 2. The van der Waals surface area contributed by atoms with E-state index in [9.17, 15) is 0 Å². The molecule has 2 aromatic heterocycles. The Kier molecular flexibility index (Phi) is 4.00. The van der Waals surface area contributed by atoms with Crippen molar-refractivity contribution in [2.75, 3.05) is 14.2 Å². The van der Waals surface area contributed by atoms with Crippen LogP contribution in [0, 0.1) is 0 Å². The third kappa shape index (κ3) is 2.84. The molecule has 0 aliphatic rings. The number of hydrogen-bond acceptors (Lipinski definition) is 4. The third-order valence-corrected chi connectivity index (χ3v) is 2.98. The summed E-state index contributed by atoms with van der Waals surface area (Å²) < 4.78 is 10.4. The van der Waals surface area contributed by atoms with Crippen molar-refractivity contribution in [3.63, 3.8) is 0 Å². The third-order valence-electron chi connectivity index (χ3n) is 2.98. The van der Waals surface area contributed by atoms with Gasteiger partial charge in [-0.25, -0.2) is 4.98 Å². The van der Waals surface area contributed by atoms with Crippen molar-refractivity contribution in [3.8, 4) is 22.9 Å². The van der Waals surface area contributed by atoms with E-state index in [-0.39, 0.29) is 0 Å². The Hall–Kier alpha value is -2.10. The van der Waals surface area contributed by atoms with Crippen LogP contribution in [0.25, 0.3) is 11.3 Å². The summed E-state index contributed by atoms with van der Waals surface area (Å²) in [6.45, 7) is 4.32. The number of aromatic nitrogens is 2. The van der Waals surface area contributed by atoms with Gasteiger partial charge in [0, 0.05) is 18.0 Å². The molecule has 2 aromatic rings. The molecule has 0 unspecified atom stereocenters. The molecule has 0 atom stereocenters. The monoisotopic (exact) mass is 258 g/mol. The quantitative estimate of drug-likeness (QED) is 0.844. The van der Waals surface area contributed by atoms with E-state index in [0.29, 0.717) is 17.5 Å². The Morgan fingerprint density at radius 2 is 1.84 bits per heavy atom. The summed E-state index contributed by atoms with van der Waals surface area (Å²) in [6, 6.07) is 5.99. The molecule has 0 radical (unpaired) electrons. The van der Waals surface area contributed by atoms with Crippen LogP contribution in [-0.2, 0) is 0 Å². The largest absolute Gasteiger partial charge is 0.491 e. The molecule has 4 heteroatoms. The number of nitrogens with zero attached hydrogens (tertiary/aromatic N) is 2. The molecule has 0 N–H and O–H groups in total. The summed E-state index contributed by atoms with van der Waals surface area (Å²) >= 11 is 0. The molecule has 100 valence electrons. The highest BCUT2D eigenvalue weighted by atomic mass is 16.5. The standard InChI is InChI=1S/C15H18N2O2/c1-10(2)11-5-6-16-13(7-11)12-8-14(18-3)15(19-4)17-9-12/h5-10H,1-4H3. The van der Waals surface area contributed by atoms with Crippen LogP contribution in [0.2, 0.25) is 0 Å². The molecule has 0 bridgehead atoms. The SMILES string of the molecule is COc1cc(-c2cc(C(C)C)ccn2)cnc1OC. The van der Waals surface area contributed by atoms with Crippen LogP contribution in [0.4, 0.5) is 0 Å². The molecule has 0 saturated carbocycles. The molecular weight excluding hydrogens is 240 g/mol. The lowest BCUT2D eigenvalue weighted by atomic mass is 10.0. The van der Waals surface area contributed by atoms with Gasteiger partial charge < -0.3 is 9.47 Å². The van der Waals surface area contributed by atoms with E-state index in [1.54, 1.807) is 20.4 Å². The highest BCUT2D eigenvalue weighted by Crippen LogP contribution is 2.29. The van der Waals surface area contributed by atoms with Crippen molar-refractivity contribution >= 4 is 0 Å². The lowest BCUT2D eigenvalue weighted by Crippen LogP contribution is -1.95. The molecule has 2 rings (SSSR count). The predicted molar refractivity (Wildman–Crippen MR) is 74.7 cm³/mol. The van der Waals surface area contributed by atoms with Crippen molar-refractivity contribution < 1.29 is 9.47 Å². The summed E-state index contributed by atoms with van der Waals surface area (Å²) in [6.07, 6.45) is 3.56. The van der Waals surface area contributed by atoms with E-state index < -0.39 is 0 Å².